The second-order valence-corrected chi connectivity index (χ2v) is 9.61. The van der Waals surface area contributed by atoms with Crippen molar-refractivity contribution in [2.24, 2.45) is 5.92 Å². The van der Waals surface area contributed by atoms with Crippen molar-refractivity contribution in [1.29, 1.82) is 0 Å². The maximum absolute atomic E-state index is 12.8. The molecule has 0 bridgehead atoms. The van der Waals surface area contributed by atoms with Crippen LogP contribution in [0.25, 0.3) is 10.2 Å². The SMILES string of the molecule is CCOc1cc2sc(N3CCC(C(=O)Nc4cc(C)ccc4C)CC3)nc2cc1Br. The highest BCUT2D eigenvalue weighted by atomic mass is 79.9. The Balaban J connectivity index is 1.41. The van der Waals surface area contributed by atoms with Crippen molar-refractivity contribution < 1.29 is 9.53 Å². The first-order chi connectivity index (χ1) is 14.4. The number of nitrogens with one attached hydrogen (secondary N) is 1. The number of fused-ring (bicyclic) bond motifs is 1. The number of piperidine rings is 1. The van der Waals surface area contributed by atoms with Crippen LogP contribution in [0.15, 0.2) is 34.8 Å². The third kappa shape index (κ3) is 4.47. The second kappa shape index (κ2) is 8.94. The number of benzene rings is 2. The van der Waals surface area contributed by atoms with Crippen molar-refractivity contribution in [3.05, 3.63) is 45.9 Å². The molecule has 2 heterocycles. The molecule has 158 valence electrons. The zero-order chi connectivity index (χ0) is 21.3. The molecule has 1 amide bonds. The number of hydrogen-bond acceptors (Lipinski definition) is 5. The van der Waals surface area contributed by atoms with Crippen LogP contribution in [0.5, 0.6) is 5.75 Å². The van der Waals surface area contributed by atoms with Crippen LogP contribution in [-0.2, 0) is 4.79 Å². The fraction of sp³-hybridized carbons (Fsp3) is 0.391. The van der Waals surface area contributed by atoms with Gasteiger partial charge in [0.25, 0.3) is 0 Å². The van der Waals surface area contributed by atoms with Gasteiger partial charge in [0.1, 0.15) is 5.75 Å². The van der Waals surface area contributed by atoms with Gasteiger partial charge in [-0.05, 0) is 72.8 Å². The fourth-order valence-corrected chi connectivity index (χ4v) is 5.23. The highest BCUT2D eigenvalue weighted by molar-refractivity contribution is 9.10. The van der Waals surface area contributed by atoms with Gasteiger partial charge in [0.05, 0.1) is 21.3 Å². The summed E-state index contributed by atoms with van der Waals surface area (Å²) in [6, 6.07) is 10.2. The summed E-state index contributed by atoms with van der Waals surface area (Å²) in [6.07, 6.45) is 1.67. The molecule has 0 atom stereocenters. The Morgan fingerprint density at radius 2 is 2.03 bits per heavy atom. The van der Waals surface area contributed by atoms with Gasteiger partial charge in [-0.1, -0.05) is 23.5 Å². The van der Waals surface area contributed by atoms with Gasteiger partial charge >= 0.3 is 0 Å². The molecule has 3 aromatic rings. The van der Waals surface area contributed by atoms with E-state index in [-0.39, 0.29) is 11.8 Å². The summed E-state index contributed by atoms with van der Waals surface area (Å²) in [5.74, 6) is 1.01. The number of carbonyl (C=O) groups excluding carboxylic acids is 1. The van der Waals surface area contributed by atoms with Gasteiger partial charge in [0.2, 0.25) is 5.91 Å². The lowest BCUT2D eigenvalue weighted by atomic mass is 9.96. The van der Waals surface area contributed by atoms with E-state index in [1.54, 1.807) is 11.3 Å². The van der Waals surface area contributed by atoms with E-state index < -0.39 is 0 Å². The van der Waals surface area contributed by atoms with Crippen LogP contribution in [0, 0.1) is 19.8 Å². The number of aromatic nitrogens is 1. The first-order valence-electron chi connectivity index (χ1n) is 10.3. The predicted molar refractivity (Wildman–Crippen MR) is 128 cm³/mol. The summed E-state index contributed by atoms with van der Waals surface area (Å²) in [7, 11) is 0. The Labute approximate surface area is 189 Å². The molecule has 0 spiro atoms. The molecule has 1 N–H and O–H groups in total. The van der Waals surface area contributed by atoms with Gasteiger partial charge in [-0.15, -0.1) is 0 Å². The zero-order valence-corrected chi connectivity index (χ0v) is 19.9. The standard InChI is InChI=1S/C23H26BrN3O2S/c1-4-29-20-13-21-19(12-17(20)24)26-23(30-21)27-9-7-16(8-10-27)22(28)25-18-11-14(2)5-6-15(18)3/h5-6,11-13,16H,4,7-10H2,1-3H3,(H,25,28). The third-order valence-corrected chi connectivity index (χ3v) is 7.22. The van der Waals surface area contributed by atoms with Gasteiger partial charge in [-0.3, -0.25) is 4.79 Å². The number of amides is 1. The van der Waals surface area contributed by atoms with Crippen molar-refractivity contribution in [2.75, 3.05) is 29.9 Å². The number of aryl methyl sites for hydroxylation is 2. The van der Waals surface area contributed by atoms with Crippen LogP contribution < -0.4 is 15.0 Å². The van der Waals surface area contributed by atoms with E-state index in [0.717, 1.165) is 68.3 Å². The van der Waals surface area contributed by atoms with E-state index in [1.165, 1.54) is 0 Å². The minimum absolute atomic E-state index is 0.0363. The summed E-state index contributed by atoms with van der Waals surface area (Å²) >= 11 is 5.25. The van der Waals surface area contributed by atoms with Gasteiger partial charge in [0.15, 0.2) is 5.13 Å². The number of hydrogen-bond donors (Lipinski definition) is 1. The smallest absolute Gasteiger partial charge is 0.227 e. The number of thiazole rings is 1. The Hall–Kier alpha value is -2.12. The highest BCUT2D eigenvalue weighted by Crippen LogP contribution is 2.37. The van der Waals surface area contributed by atoms with Crippen molar-refractivity contribution in [2.45, 2.75) is 33.6 Å². The molecule has 0 saturated carbocycles. The largest absolute Gasteiger partial charge is 0.493 e. The normalized spacial score (nSPS) is 14.9. The maximum Gasteiger partial charge on any atom is 0.227 e. The Kier molecular flexibility index (Phi) is 6.29. The average Bonchev–Trinajstić information content (AvgIpc) is 3.14. The lowest BCUT2D eigenvalue weighted by Gasteiger charge is -2.31. The Bertz CT molecular complexity index is 1070. The molecule has 1 saturated heterocycles. The van der Waals surface area contributed by atoms with E-state index in [1.807, 2.05) is 32.9 Å². The molecular formula is C23H26BrN3O2S. The second-order valence-electron chi connectivity index (χ2n) is 7.75. The Morgan fingerprint density at radius 1 is 1.27 bits per heavy atom. The van der Waals surface area contributed by atoms with Gasteiger partial charge in [-0.2, -0.15) is 0 Å². The maximum atomic E-state index is 12.8. The predicted octanol–water partition coefficient (Wildman–Crippen LogP) is 5.93. The molecule has 0 unspecified atom stereocenters. The Morgan fingerprint density at radius 3 is 2.77 bits per heavy atom. The molecule has 1 aromatic heterocycles. The average molecular weight is 488 g/mol. The van der Waals surface area contributed by atoms with Crippen molar-refractivity contribution in [1.82, 2.24) is 4.98 Å². The van der Waals surface area contributed by atoms with Crippen LogP contribution in [0.4, 0.5) is 10.8 Å². The number of halogens is 1. The number of ether oxygens (including phenoxy) is 1. The highest BCUT2D eigenvalue weighted by Gasteiger charge is 2.27. The number of carbonyl (C=O) groups is 1. The molecule has 0 aliphatic carbocycles. The fourth-order valence-electron chi connectivity index (χ4n) is 3.76. The summed E-state index contributed by atoms with van der Waals surface area (Å²) in [5, 5.41) is 4.14. The molecular weight excluding hydrogens is 462 g/mol. The first-order valence-corrected chi connectivity index (χ1v) is 11.9. The molecule has 1 fully saturated rings. The molecule has 30 heavy (non-hydrogen) atoms. The molecule has 7 heteroatoms. The van der Waals surface area contributed by atoms with Crippen LogP contribution in [-0.4, -0.2) is 30.6 Å². The van der Waals surface area contributed by atoms with Gasteiger partial charge in [0, 0.05) is 30.8 Å². The number of anilines is 2. The molecule has 5 nitrogen and oxygen atoms in total. The van der Waals surface area contributed by atoms with Crippen LogP contribution in [0.2, 0.25) is 0 Å². The van der Waals surface area contributed by atoms with Gasteiger partial charge in [-0.25, -0.2) is 4.98 Å². The zero-order valence-electron chi connectivity index (χ0n) is 17.5. The topological polar surface area (TPSA) is 54.5 Å². The van der Waals surface area contributed by atoms with Gasteiger partial charge < -0.3 is 15.0 Å². The van der Waals surface area contributed by atoms with E-state index in [4.69, 9.17) is 9.72 Å². The van der Waals surface area contributed by atoms with E-state index in [2.05, 4.69) is 44.3 Å². The lowest BCUT2D eigenvalue weighted by Crippen LogP contribution is -2.38. The summed E-state index contributed by atoms with van der Waals surface area (Å²) in [6.45, 7) is 8.36. The summed E-state index contributed by atoms with van der Waals surface area (Å²) in [4.78, 5) is 19.9. The lowest BCUT2D eigenvalue weighted by molar-refractivity contribution is -0.120. The molecule has 2 aromatic carbocycles. The van der Waals surface area contributed by atoms with E-state index >= 15 is 0 Å². The molecule has 1 aliphatic rings. The van der Waals surface area contributed by atoms with E-state index in [9.17, 15) is 4.79 Å². The molecule has 1 aliphatic heterocycles. The van der Waals surface area contributed by atoms with Crippen molar-refractivity contribution in [3.63, 3.8) is 0 Å². The van der Waals surface area contributed by atoms with Crippen LogP contribution in [0.3, 0.4) is 0 Å². The monoisotopic (exact) mass is 487 g/mol. The molecule has 4 rings (SSSR count). The van der Waals surface area contributed by atoms with Crippen molar-refractivity contribution in [3.8, 4) is 5.75 Å². The molecule has 0 radical (unpaired) electrons. The quantitative estimate of drug-likeness (QED) is 0.484. The third-order valence-electron chi connectivity index (χ3n) is 5.52. The first kappa shape index (κ1) is 21.1. The van der Waals surface area contributed by atoms with Crippen LogP contribution in [0.1, 0.15) is 30.9 Å². The van der Waals surface area contributed by atoms with Crippen LogP contribution >= 0.6 is 27.3 Å². The van der Waals surface area contributed by atoms with Crippen molar-refractivity contribution >= 4 is 54.2 Å². The number of nitrogens with zero attached hydrogens (tertiary/aromatic N) is 2. The number of rotatable bonds is 5. The minimum Gasteiger partial charge on any atom is -0.493 e. The summed E-state index contributed by atoms with van der Waals surface area (Å²) in [5.41, 5.74) is 4.14. The van der Waals surface area contributed by atoms with E-state index in [0.29, 0.717) is 6.61 Å². The summed E-state index contributed by atoms with van der Waals surface area (Å²) < 4.78 is 7.72. The minimum atomic E-state index is 0.0363.